The van der Waals surface area contributed by atoms with Gasteiger partial charge in [-0.3, -0.25) is 9.20 Å². The number of halogens is 4. The first-order valence-electron chi connectivity index (χ1n) is 4.14. The number of carbonyl (C=O) groups excluding carboxylic acids is 1. The molecule has 0 radical (unpaired) electrons. The van der Waals surface area contributed by atoms with E-state index in [9.17, 15) is 18.0 Å². The van der Waals surface area contributed by atoms with Crippen LogP contribution in [0, 0.1) is 0 Å². The van der Waals surface area contributed by atoms with Gasteiger partial charge in [0, 0.05) is 10.7 Å². The topological polar surface area (TPSA) is 34.4 Å². The van der Waals surface area contributed by atoms with Gasteiger partial charge in [0.2, 0.25) is 5.82 Å². The van der Waals surface area contributed by atoms with Gasteiger partial charge in [-0.1, -0.05) is 0 Å². The lowest BCUT2D eigenvalue weighted by molar-refractivity contribution is -0.145. The number of hydrogen-bond acceptors (Lipinski definition) is 2. The normalized spacial score (nSPS) is 12.0. The molecule has 0 aliphatic heterocycles. The highest BCUT2D eigenvalue weighted by atomic mass is 79.9. The van der Waals surface area contributed by atoms with Crippen molar-refractivity contribution in [3.63, 3.8) is 0 Å². The van der Waals surface area contributed by atoms with Crippen molar-refractivity contribution < 1.29 is 18.0 Å². The van der Waals surface area contributed by atoms with Gasteiger partial charge < -0.3 is 0 Å². The van der Waals surface area contributed by atoms with E-state index in [0.29, 0.717) is 10.8 Å². The number of aromatic nitrogens is 2. The molecule has 0 aliphatic carbocycles. The van der Waals surface area contributed by atoms with Crippen LogP contribution in [0.15, 0.2) is 22.8 Å². The van der Waals surface area contributed by atoms with Crippen LogP contribution in [0.4, 0.5) is 13.2 Å². The average Bonchev–Trinajstić information content (AvgIpc) is 2.57. The summed E-state index contributed by atoms with van der Waals surface area (Å²) in [6, 6.07) is 2.98. The number of aldehydes is 1. The van der Waals surface area contributed by atoms with Gasteiger partial charge in [-0.05, 0) is 28.1 Å². The smallest absolute Gasteiger partial charge is 0.296 e. The van der Waals surface area contributed by atoms with Crippen LogP contribution >= 0.6 is 15.9 Å². The van der Waals surface area contributed by atoms with Gasteiger partial charge >= 0.3 is 6.18 Å². The maximum atomic E-state index is 12.6. The zero-order chi connectivity index (χ0) is 11.9. The van der Waals surface area contributed by atoms with Gasteiger partial charge in [0.25, 0.3) is 0 Å². The number of hydrogen-bond donors (Lipinski definition) is 0. The van der Waals surface area contributed by atoms with Crippen molar-refractivity contribution in [2.75, 3.05) is 0 Å². The van der Waals surface area contributed by atoms with Crippen LogP contribution in [-0.4, -0.2) is 15.7 Å². The highest BCUT2D eigenvalue weighted by Gasteiger charge is 2.37. The van der Waals surface area contributed by atoms with Gasteiger partial charge in [0.05, 0.1) is 5.52 Å². The van der Waals surface area contributed by atoms with Gasteiger partial charge in [-0.2, -0.15) is 13.2 Å². The summed E-state index contributed by atoms with van der Waals surface area (Å²) in [5, 5.41) is 0. The summed E-state index contributed by atoms with van der Waals surface area (Å²) < 4.78 is 39.0. The molecule has 0 saturated carbocycles. The van der Waals surface area contributed by atoms with Crippen LogP contribution in [0.3, 0.4) is 0 Å². The van der Waals surface area contributed by atoms with Crippen molar-refractivity contribution in [1.82, 2.24) is 9.38 Å². The van der Waals surface area contributed by atoms with E-state index in [2.05, 4.69) is 20.9 Å². The third kappa shape index (κ3) is 1.60. The molecule has 0 unspecified atom stereocenters. The molecule has 0 fully saturated rings. The molecule has 0 aromatic carbocycles. The molecule has 0 bridgehead atoms. The Labute approximate surface area is 96.0 Å². The monoisotopic (exact) mass is 292 g/mol. The molecule has 16 heavy (non-hydrogen) atoms. The number of nitrogens with zero attached hydrogens (tertiary/aromatic N) is 2. The molecule has 2 heterocycles. The lowest BCUT2D eigenvalue weighted by atomic mass is 10.3. The number of imidazole rings is 1. The Kier molecular flexibility index (Phi) is 2.49. The molecule has 7 heteroatoms. The fourth-order valence-electron chi connectivity index (χ4n) is 1.41. The third-order valence-electron chi connectivity index (χ3n) is 2.01. The number of fused-ring (bicyclic) bond motifs is 1. The fourth-order valence-corrected chi connectivity index (χ4v) is 1.95. The molecule has 2 rings (SSSR count). The van der Waals surface area contributed by atoms with Crippen molar-refractivity contribution in [1.29, 1.82) is 0 Å². The van der Waals surface area contributed by atoms with E-state index < -0.39 is 12.0 Å². The van der Waals surface area contributed by atoms with Crippen LogP contribution in [0.2, 0.25) is 0 Å². The third-order valence-corrected chi connectivity index (χ3v) is 2.65. The summed E-state index contributed by atoms with van der Waals surface area (Å²) in [6.07, 6.45) is -3.08. The van der Waals surface area contributed by atoms with E-state index in [-0.39, 0.29) is 11.2 Å². The molecule has 0 aliphatic rings. The van der Waals surface area contributed by atoms with E-state index in [4.69, 9.17) is 0 Å². The molecular weight excluding hydrogens is 289 g/mol. The molecule has 3 nitrogen and oxygen atoms in total. The molecule has 0 spiro atoms. The Bertz CT molecular complexity index is 562. The van der Waals surface area contributed by atoms with Crippen LogP contribution < -0.4 is 0 Å². The van der Waals surface area contributed by atoms with Crippen LogP contribution in [-0.2, 0) is 6.18 Å². The molecule has 2 aromatic heterocycles. The lowest BCUT2D eigenvalue weighted by Crippen LogP contribution is -2.10. The first-order valence-corrected chi connectivity index (χ1v) is 4.93. The van der Waals surface area contributed by atoms with E-state index in [1.165, 1.54) is 12.3 Å². The molecule has 0 saturated heterocycles. The van der Waals surface area contributed by atoms with Gasteiger partial charge in [0.15, 0.2) is 6.29 Å². The van der Waals surface area contributed by atoms with Crippen LogP contribution in [0.25, 0.3) is 5.52 Å². The molecule has 84 valence electrons. The minimum absolute atomic E-state index is 0.116. The average molecular weight is 293 g/mol. The Balaban J connectivity index is 2.89. The van der Waals surface area contributed by atoms with Gasteiger partial charge in [0.1, 0.15) is 5.69 Å². The van der Waals surface area contributed by atoms with E-state index in [0.717, 1.165) is 4.40 Å². The minimum Gasteiger partial charge on any atom is -0.296 e. The minimum atomic E-state index is -4.59. The predicted octanol–water partition coefficient (Wildman–Crippen LogP) is 2.93. The largest absolute Gasteiger partial charge is 0.450 e. The highest BCUT2D eigenvalue weighted by molar-refractivity contribution is 9.10. The first kappa shape index (κ1) is 11.1. The lowest BCUT2D eigenvalue weighted by Gasteiger charge is -2.04. The first-order chi connectivity index (χ1) is 7.45. The number of pyridine rings is 1. The number of rotatable bonds is 1. The molecule has 0 N–H and O–H groups in total. The number of alkyl halides is 3. The zero-order valence-corrected chi connectivity index (χ0v) is 9.21. The van der Waals surface area contributed by atoms with Crippen molar-refractivity contribution >= 4 is 27.7 Å². The quantitative estimate of drug-likeness (QED) is 0.758. The molecule has 2 aromatic rings. The van der Waals surface area contributed by atoms with E-state index >= 15 is 0 Å². The summed E-state index contributed by atoms with van der Waals surface area (Å²) in [6.45, 7) is 0. The Morgan fingerprint density at radius 1 is 1.44 bits per heavy atom. The van der Waals surface area contributed by atoms with Gasteiger partial charge in [-0.15, -0.1) is 0 Å². The maximum Gasteiger partial charge on any atom is 0.450 e. The van der Waals surface area contributed by atoms with Crippen LogP contribution in [0.5, 0.6) is 0 Å². The second-order valence-corrected chi connectivity index (χ2v) is 3.87. The number of carbonyl (C=O) groups is 1. The Morgan fingerprint density at radius 2 is 2.12 bits per heavy atom. The maximum absolute atomic E-state index is 12.6. The second-order valence-electron chi connectivity index (χ2n) is 3.01. The second kappa shape index (κ2) is 3.58. The fraction of sp³-hybridized carbons (Fsp3) is 0.111. The predicted molar refractivity (Wildman–Crippen MR) is 53.3 cm³/mol. The summed E-state index contributed by atoms with van der Waals surface area (Å²) in [5.74, 6) is -1.11. The molecular formula is C9H4BrF3N2O. The SMILES string of the molecule is O=Cc1nc(C(F)(F)F)n2cccc(Br)c12. The van der Waals surface area contributed by atoms with E-state index in [1.54, 1.807) is 6.07 Å². The summed E-state index contributed by atoms with van der Waals surface area (Å²) in [5.41, 5.74) is -0.121. The van der Waals surface area contributed by atoms with E-state index in [1.807, 2.05) is 0 Å². The summed E-state index contributed by atoms with van der Waals surface area (Å²) >= 11 is 3.08. The van der Waals surface area contributed by atoms with Crippen molar-refractivity contribution in [3.05, 3.63) is 34.3 Å². The zero-order valence-electron chi connectivity index (χ0n) is 7.62. The highest BCUT2D eigenvalue weighted by Crippen LogP contribution is 2.32. The van der Waals surface area contributed by atoms with Crippen molar-refractivity contribution in [2.45, 2.75) is 6.18 Å². The standard InChI is InChI=1S/C9H4BrF3N2O/c10-5-2-1-3-15-7(5)6(4-16)14-8(15)9(11,12)13/h1-4H. The molecule has 0 amide bonds. The van der Waals surface area contributed by atoms with Crippen molar-refractivity contribution in [3.8, 4) is 0 Å². The summed E-state index contributed by atoms with van der Waals surface area (Å²) in [4.78, 5) is 13.9. The summed E-state index contributed by atoms with van der Waals surface area (Å²) in [7, 11) is 0. The van der Waals surface area contributed by atoms with Gasteiger partial charge in [-0.25, -0.2) is 4.98 Å². The Morgan fingerprint density at radius 3 is 2.69 bits per heavy atom. The Hall–Kier alpha value is -1.37. The molecule has 0 atom stereocenters. The van der Waals surface area contributed by atoms with Crippen molar-refractivity contribution in [2.24, 2.45) is 0 Å². The van der Waals surface area contributed by atoms with Crippen LogP contribution in [0.1, 0.15) is 16.3 Å².